The first-order valence-corrected chi connectivity index (χ1v) is 12.7. The average Bonchev–Trinajstić information content (AvgIpc) is 2.87. The van der Waals surface area contributed by atoms with Gasteiger partial charge in [-0.1, -0.05) is 43.5 Å². The van der Waals surface area contributed by atoms with Gasteiger partial charge in [-0.2, -0.15) is 0 Å². The minimum atomic E-state index is -1.19. The van der Waals surface area contributed by atoms with Crippen LogP contribution in [0.15, 0.2) is 48.5 Å². The van der Waals surface area contributed by atoms with Crippen LogP contribution in [-0.4, -0.2) is 46.9 Å². The van der Waals surface area contributed by atoms with Crippen molar-refractivity contribution in [1.29, 1.82) is 0 Å². The lowest BCUT2D eigenvalue weighted by Gasteiger charge is -2.32. The number of aliphatic carboxylic acids is 1. The number of carboxylic acids is 1. The molecule has 4 N–H and O–H groups in total. The van der Waals surface area contributed by atoms with Crippen molar-refractivity contribution in [1.82, 2.24) is 16.0 Å². The Bertz CT molecular complexity index is 1140. The quantitative estimate of drug-likeness (QED) is 0.505. The second-order valence-corrected chi connectivity index (χ2v) is 9.84. The van der Waals surface area contributed by atoms with Gasteiger partial charge in [-0.05, 0) is 54.2 Å². The van der Waals surface area contributed by atoms with Crippen molar-refractivity contribution in [2.45, 2.75) is 70.0 Å². The van der Waals surface area contributed by atoms with E-state index in [1.165, 1.54) is 6.92 Å². The average molecular weight is 508 g/mol. The Morgan fingerprint density at radius 3 is 2.30 bits per heavy atom. The van der Waals surface area contributed by atoms with Crippen LogP contribution in [0.5, 0.6) is 11.5 Å². The van der Waals surface area contributed by atoms with Gasteiger partial charge in [-0.15, -0.1) is 0 Å². The fourth-order valence-corrected chi connectivity index (χ4v) is 5.07. The Morgan fingerprint density at radius 2 is 1.62 bits per heavy atom. The third-order valence-corrected chi connectivity index (χ3v) is 6.95. The van der Waals surface area contributed by atoms with Crippen LogP contribution in [0.4, 0.5) is 0 Å². The Balaban J connectivity index is 1.71. The topological polar surface area (TPSA) is 134 Å². The molecule has 0 radical (unpaired) electrons. The van der Waals surface area contributed by atoms with Crippen LogP contribution in [0.3, 0.4) is 0 Å². The van der Waals surface area contributed by atoms with Gasteiger partial charge in [0.05, 0.1) is 0 Å². The van der Waals surface area contributed by atoms with Crippen LogP contribution in [0, 0.1) is 5.92 Å². The number of ether oxygens (including phenoxy) is 1. The van der Waals surface area contributed by atoms with Gasteiger partial charge in [0.15, 0.2) is 0 Å². The van der Waals surface area contributed by atoms with E-state index < -0.39 is 35.9 Å². The van der Waals surface area contributed by atoms with Crippen LogP contribution in [0.1, 0.15) is 50.2 Å². The molecule has 2 aromatic rings. The first-order chi connectivity index (χ1) is 17.8. The molecule has 1 fully saturated rings. The summed E-state index contributed by atoms with van der Waals surface area (Å²) in [7, 11) is 0. The van der Waals surface area contributed by atoms with Crippen molar-refractivity contribution in [3.05, 3.63) is 59.7 Å². The standard InChI is InChI=1S/C28H33N3O6/c1-17(32)29-23-15-18-10-12-21(13-11-18)37-22-9-5-6-19(14-22)16-24(28(35)36)30-27(34)25(31-26(23)33)20-7-3-2-4-8-20/h5-6,9-14,20,23-25H,2-4,7-8,15-16H2,1H3,(H,29,32)(H,30,34)(H,31,33)(H,35,36)/t23-,24-,25-/m0/s1. The molecule has 3 amide bonds. The molecule has 0 saturated heterocycles. The van der Waals surface area contributed by atoms with Gasteiger partial charge in [0.1, 0.15) is 29.6 Å². The number of rotatable bonds is 3. The summed E-state index contributed by atoms with van der Waals surface area (Å²) in [6.45, 7) is 1.34. The number of benzene rings is 2. The molecule has 2 aromatic carbocycles. The zero-order valence-electron chi connectivity index (χ0n) is 20.9. The normalized spacial score (nSPS) is 23.2. The van der Waals surface area contributed by atoms with Crippen LogP contribution in [0.25, 0.3) is 0 Å². The summed E-state index contributed by atoms with van der Waals surface area (Å²) in [6, 6.07) is 11.3. The molecule has 0 unspecified atom stereocenters. The minimum Gasteiger partial charge on any atom is -0.480 e. The summed E-state index contributed by atoms with van der Waals surface area (Å²) in [5, 5.41) is 18.1. The number of carbonyl (C=O) groups excluding carboxylic acids is 3. The van der Waals surface area contributed by atoms with Crippen LogP contribution >= 0.6 is 0 Å². The molecule has 0 aromatic heterocycles. The lowest BCUT2D eigenvalue weighted by atomic mass is 9.83. The lowest BCUT2D eigenvalue weighted by molar-refractivity contribution is -0.142. The van der Waals surface area contributed by atoms with E-state index in [0.29, 0.717) is 17.1 Å². The summed E-state index contributed by atoms with van der Waals surface area (Å²) < 4.78 is 5.94. The molecule has 9 nitrogen and oxygen atoms in total. The molecule has 5 rings (SSSR count). The number of nitrogens with one attached hydrogen (secondary N) is 3. The van der Waals surface area contributed by atoms with E-state index in [1.54, 1.807) is 36.4 Å². The first-order valence-electron chi connectivity index (χ1n) is 12.7. The molecular formula is C28H33N3O6. The predicted molar refractivity (Wildman–Crippen MR) is 136 cm³/mol. The van der Waals surface area contributed by atoms with E-state index in [-0.39, 0.29) is 24.7 Å². The first kappa shape index (κ1) is 26.2. The number of fused-ring (bicyclic) bond motifs is 10. The number of hydrogen-bond donors (Lipinski definition) is 4. The zero-order chi connectivity index (χ0) is 26.4. The molecule has 2 aliphatic heterocycles. The molecule has 196 valence electrons. The van der Waals surface area contributed by atoms with E-state index in [2.05, 4.69) is 16.0 Å². The van der Waals surface area contributed by atoms with Crippen molar-refractivity contribution < 1.29 is 29.0 Å². The summed E-state index contributed by atoms with van der Waals surface area (Å²) in [5.41, 5.74) is 1.50. The third kappa shape index (κ3) is 7.09. The van der Waals surface area contributed by atoms with Crippen molar-refractivity contribution in [3.8, 4) is 11.5 Å². The monoisotopic (exact) mass is 507 g/mol. The number of hydrogen-bond acceptors (Lipinski definition) is 5. The van der Waals surface area contributed by atoms with E-state index in [4.69, 9.17) is 4.74 Å². The highest BCUT2D eigenvalue weighted by Crippen LogP contribution is 2.28. The fourth-order valence-electron chi connectivity index (χ4n) is 5.07. The van der Waals surface area contributed by atoms with Crippen LogP contribution < -0.4 is 20.7 Å². The number of carbonyl (C=O) groups is 4. The maximum absolute atomic E-state index is 13.5. The molecule has 3 atom stereocenters. The highest BCUT2D eigenvalue weighted by molar-refractivity contribution is 5.93. The number of amides is 3. The van der Waals surface area contributed by atoms with Crippen LogP contribution in [-0.2, 0) is 32.0 Å². The zero-order valence-corrected chi connectivity index (χ0v) is 20.9. The van der Waals surface area contributed by atoms with Crippen LogP contribution in [0.2, 0.25) is 0 Å². The maximum Gasteiger partial charge on any atom is 0.326 e. The van der Waals surface area contributed by atoms with Gasteiger partial charge in [-0.25, -0.2) is 4.79 Å². The Kier molecular flexibility index (Phi) is 8.43. The molecule has 3 aliphatic rings. The lowest BCUT2D eigenvalue weighted by Crippen LogP contribution is -2.58. The molecule has 1 saturated carbocycles. The molecular weight excluding hydrogens is 474 g/mol. The predicted octanol–water partition coefficient (Wildman–Crippen LogP) is 2.72. The second kappa shape index (κ2) is 11.9. The Morgan fingerprint density at radius 1 is 0.892 bits per heavy atom. The van der Waals surface area contributed by atoms with Gasteiger partial charge < -0.3 is 25.8 Å². The summed E-state index contributed by atoms with van der Waals surface area (Å²) in [5.74, 6) is -1.56. The summed E-state index contributed by atoms with van der Waals surface area (Å²) >= 11 is 0. The van der Waals surface area contributed by atoms with Gasteiger partial charge in [0, 0.05) is 19.8 Å². The molecule has 0 spiro atoms. The Labute approximate surface area is 216 Å². The Hall–Kier alpha value is -3.88. The molecule has 1 aliphatic carbocycles. The largest absolute Gasteiger partial charge is 0.480 e. The van der Waals surface area contributed by atoms with Crippen molar-refractivity contribution in [2.24, 2.45) is 5.92 Å². The molecule has 2 heterocycles. The highest BCUT2D eigenvalue weighted by Gasteiger charge is 2.35. The minimum absolute atomic E-state index is 0.0526. The number of carboxylic acid groups (broad SMARTS) is 1. The summed E-state index contributed by atoms with van der Waals surface area (Å²) in [4.78, 5) is 50.9. The van der Waals surface area contributed by atoms with E-state index in [1.807, 2.05) is 12.1 Å². The molecule has 9 heteroatoms. The van der Waals surface area contributed by atoms with Gasteiger partial charge in [0.25, 0.3) is 0 Å². The third-order valence-electron chi connectivity index (χ3n) is 6.95. The maximum atomic E-state index is 13.5. The van der Waals surface area contributed by atoms with E-state index >= 15 is 0 Å². The highest BCUT2D eigenvalue weighted by atomic mass is 16.5. The molecule has 37 heavy (non-hydrogen) atoms. The van der Waals surface area contributed by atoms with E-state index in [9.17, 15) is 24.3 Å². The van der Waals surface area contributed by atoms with Gasteiger partial charge in [-0.3, -0.25) is 14.4 Å². The summed E-state index contributed by atoms with van der Waals surface area (Å²) in [6.07, 6.45) is 4.69. The van der Waals surface area contributed by atoms with E-state index in [0.717, 1.165) is 37.7 Å². The van der Waals surface area contributed by atoms with Crippen molar-refractivity contribution >= 4 is 23.7 Å². The SMILES string of the molecule is CC(=O)N[C@H]1Cc2ccc(cc2)Oc2cccc(c2)C[C@@H](C(=O)O)NC(=O)[C@H](C2CCCCC2)NC1=O. The van der Waals surface area contributed by atoms with Gasteiger partial charge >= 0.3 is 5.97 Å². The van der Waals surface area contributed by atoms with Crippen molar-refractivity contribution in [3.63, 3.8) is 0 Å². The van der Waals surface area contributed by atoms with Crippen molar-refractivity contribution in [2.75, 3.05) is 0 Å². The molecule has 4 bridgehead atoms. The smallest absolute Gasteiger partial charge is 0.326 e. The van der Waals surface area contributed by atoms with Gasteiger partial charge in [0.2, 0.25) is 17.7 Å². The fraction of sp³-hybridized carbons (Fsp3) is 0.429. The second-order valence-electron chi connectivity index (χ2n) is 9.84.